The number of aliphatic hydroxyl groups is 1. The average Bonchev–Trinajstić information content (AvgIpc) is 2.01. The molecule has 0 unspecified atom stereocenters. The summed E-state index contributed by atoms with van der Waals surface area (Å²) in [6.07, 6.45) is 0.987. The Balaban J connectivity index is 3.50. The summed E-state index contributed by atoms with van der Waals surface area (Å²) in [5.74, 6) is -0.325. The van der Waals surface area contributed by atoms with Gasteiger partial charge in [-0.1, -0.05) is 12.1 Å². The van der Waals surface area contributed by atoms with Gasteiger partial charge in [0.25, 0.3) is 0 Å². The van der Waals surface area contributed by atoms with Crippen LogP contribution in [0.4, 0.5) is 0 Å². The lowest BCUT2D eigenvalue weighted by molar-refractivity contribution is 0.277. The van der Waals surface area contributed by atoms with Gasteiger partial charge in [0.2, 0.25) is 0 Å². The lowest BCUT2D eigenvalue weighted by Gasteiger charge is -2.06. The first-order chi connectivity index (χ1) is 5.96. The third-order valence-corrected chi connectivity index (χ3v) is 2.83. The van der Waals surface area contributed by atoms with E-state index in [9.17, 15) is 13.5 Å². The molecular formula is C8H10O4S. The number of sulfone groups is 1. The molecule has 0 amide bonds. The molecule has 0 fully saturated rings. The summed E-state index contributed by atoms with van der Waals surface area (Å²) in [6, 6.07) is 4.21. The van der Waals surface area contributed by atoms with E-state index >= 15 is 0 Å². The van der Waals surface area contributed by atoms with Crippen molar-refractivity contribution in [2.45, 2.75) is 11.5 Å². The number of aromatic hydroxyl groups is 1. The molecule has 0 radical (unpaired) electrons. The van der Waals surface area contributed by atoms with Gasteiger partial charge in [-0.2, -0.15) is 0 Å². The molecular weight excluding hydrogens is 192 g/mol. The van der Waals surface area contributed by atoms with E-state index in [0.717, 1.165) is 6.26 Å². The van der Waals surface area contributed by atoms with E-state index in [1.165, 1.54) is 18.2 Å². The van der Waals surface area contributed by atoms with Crippen LogP contribution in [0.1, 0.15) is 5.56 Å². The Hall–Kier alpha value is -1.07. The predicted molar refractivity (Wildman–Crippen MR) is 47.1 cm³/mol. The minimum Gasteiger partial charge on any atom is -0.507 e. The highest BCUT2D eigenvalue weighted by Gasteiger charge is 2.16. The van der Waals surface area contributed by atoms with E-state index in [2.05, 4.69) is 0 Å². The minimum absolute atomic E-state index is 0.197. The maximum Gasteiger partial charge on any atom is 0.179 e. The fourth-order valence-electron chi connectivity index (χ4n) is 1.12. The second kappa shape index (κ2) is 3.35. The highest BCUT2D eigenvalue weighted by Crippen LogP contribution is 2.25. The van der Waals surface area contributed by atoms with Crippen molar-refractivity contribution in [2.24, 2.45) is 0 Å². The van der Waals surface area contributed by atoms with Crippen LogP contribution in [0.25, 0.3) is 0 Å². The summed E-state index contributed by atoms with van der Waals surface area (Å²) in [6.45, 7) is -0.406. The minimum atomic E-state index is -3.49. The van der Waals surface area contributed by atoms with E-state index in [1.54, 1.807) is 0 Å². The molecule has 0 bridgehead atoms. The molecule has 5 heteroatoms. The average molecular weight is 202 g/mol. The van der Waals surface area contributed by atoms with Crippen LogP contribution in [-0.2, 0) is 16.4 Å². The third kappa shape index (κ3) is 1.99. The van der Waals surface area contributed by atoms with Gasteiger partial charge in [-0.15, -0.1) is 0 Å². The molecule has 0 atom stereocenters. The fourth-order valence-corrected chi connectivity index (χ4v) is 2.18. The van der Waals surface area contributed by atoms with Gasteiger partial charge in [-0.3, -0.25) is 0 Å². The number of hydrogen-bond acceptors (Lipinski definition) is 4. The van der Waals surface area contributed by atoms with E-state index in [0.29, 0.717) is 0 Å². The zero-order valence-corrected chi connectivity index (χ0v) is 7.87. The zero-order chi connectivity index (χ0) is 10.1. The van der Waals surface area contributed by atoms with Crippen molar-refractivity contribution >= 4 is 9.84 Å². The number of phenolic OH excluding ortho intramolecular Hbond substituents is 1. The van der Waals surface area contributed by atoms with E-state index in [1.807, 2.05) is 0 Å². The summed E-state index contributed by atoms with van der Waals surface area (Å²) < 4.78 is 22.3. The van der Waals surface area contributed by atoms with E-state index in [-0.39, 0.29) is 16.2 Å². The molecule has 0 saturated heterocycles. The van der Waals surface area contributed by atoms with Crippen LogP contribution in [0.15, 0.2) is 23.1 Å². The summed E-state index contributed by atoms with van der Waals surface area (Å²) in [4.78, 5) is -0.197. The van der Waals surface area contributed by atoms with Crippen LogP contribution in [0.2, 0.25) is 0 Å². The molecule has 2 N–H and O–H groups in total. The van der Waals surface area contributed by atoms with Gasteiger partial charge in [-0.25, -0.2) is 8.42 Å². The van der Waals surface area contributed by atoms with Gasteiger partial charge in [0, 0.05) is 6.26 Å². The molecule has 13 heavy (non-hydrogen) atoms. The molecule has 72 valence electrons. The molecule has 0 saturated carbocycles. The van der Waals surface area contributed by atoms with Gasteiger partial charge in [0.15, 0.2) is 9.84 Å². The Bertz CT molecular complexity index is 408. The molecule has 1 aromatic rings. The smallest absolute Gasteiger partial charge is 0.179 e. The second-order valence-electron chi connectivity index (χ2n) is 2.70. The van der Waals surface area contributed by atoms with Crippen molar-refractivity contribution < 1.29 is 18.6 Å². The number of hydrogen-bond donors (Lipinski definition) is 2. The normalized spacial score (nSPS) is 11.5. The van der Waals surface area contributed by atoms with Crippen LogP contribution >= 0.6 is 0 Å². The standard InChI is InChI=1S/C8H10O4S/c1-13(11,12)8-6(5-9)3-2-4-7(8)10/h2-4,9-10H,5H2,1H3. The molecule has 0 heterocycles. The summed E-state index contributed by atoms with van der Waals surface area (Å²) in [5, 5.41) is 18.1. The SMILES string of the molecule is CS(=O)(=O)c1c(O)cccc1CO. The van der Waals surface area contributed by atoms with Crippen molar-refractivity contribution in [3.05, 3.63) is 23.8 Å². The monoisotopic (exact) mass is 202 g/mol. The van der Waals surface area contributed by atoms with Gasteiger partial charge in [0.1, 0.15) is 10.6 Å². The Morgan fingerprint density at radius 1 is 1.38 bits per heavy atom. The summed E-state index contributed by atoms with van der Waals surface area (Å²) in [7, 11) is -3.49. The second-order valence-corrected chi connectivity index (χ2v) is 4.65. The fraction of sp³-hybridized carbons (Fsp3) is 0.250. The molecule has 1 rings (SSSR count). The topological polar surface area (TPSA) is 74.6 Å². The van der Waals surface area contributed by atoms with Crippen LogP contribution in [-0.4, -0.2) is 24.9 Å². The lowest BCUT2D eigenvalue weighted by atomic mass is 10.2. The first-order valence-corrected chi connectivity index (χ1v) is 5.47. The van der Waals surface area contributed by atoms with Gasteiger partial charge in [-0.05, 0) is 11.6 Å². The molecule has 0 aliphatic heterocycles. The maximum atomic E-state index is 11.2. The number of aliphatic hydroxyl groups excluding tert-OH is 1. The largest absolute Gasteiger partial charge is 0.507 e. The molecule has 0 spiro atoms. The molecule has 4 nitrogen and oxygen atoms in total. The maximum absolute atomic E-state index is 11.2. The van der Waals surface area contributed by atoms with Gasteiger partial charge >= 0.3 is 0 Å². The molecule has 0 aromatic heterocycles. The van der Waals surface area contributed by atoms with Crippen molar-refractivity contribution in [2.75, 3.05) is 6.26 Å². The quantitative estimate of drug-likeness (QED) is 0.722. The Morgan fingerprint density at radius 3 is 2.38 bits per heavy atom. The highest BCUT2D eigenvalue weighted by molar-refractivity contribution is 7.90. The van der Waals surface area contributed by atoms with E-state index in [4.69, 9.17) is 5.11 Å². The Morgan fingerprint density at radius 2 is 2.00 bits per heavy atom. The summed E-state index contributed by atoms with van der Waals surface area (Å²) in [5.41, 5.74) is 0.211. The zero-order valence-electron chi connectivity index (χ0n) is 7.06. The van der Waals surface area contributed by atoms with E-state index < -0.39 is 16.4 Å². The lowest BCUT2D eigenvalue weighted by Crippen LogP contribution is -2.02. The van der Waals surface area contributed by atoms with Crippen LogP contribution in [0, 0.1) is 0 Å². The van der Waals surface area contributed by atoms with Crippen molar-refractivity contribution in [3.63, 3.8) is 0 Å². The third-order valence-electron chi connectivity index (χ3n) is 1.62. The first-order valence-electron chi connectivity index (χ1n) is 3.58. The van der Waals surface area contributed by atoms with Crippen LogP contribution < -0.4 is 0 Å². The van der Waals surface area contributed by atoms with Gasteiger partial charge < -0.3 is 10.2 Å². The van der Waals surface area contributed by atoms with Crippen molar-refractivity contribution in [1.29, 1.82) is 0 Å². The van der Waals surface area contributed by atoms with Crippen molar-refractivity contribution in [3.8, 4) is 5.75 Å². The number of rotatable bonds is 2. The van der Waals surface area contributed by atoms with Crippen LogP contribution in [0.5, 0.6) is 5.75 Å². The van der Waals surface area contributed by atoms with Crippen molar-refractivity contribution in [1.82, 2.24) is 0 Å². The Labute approximate surface area is 76.4 Å². The first kappa shape index (κ1) is 10.0. The molecule has 0 aliphatic carbocycles. The van der Waals surface area contributed by atoms with Crippen LogP contribution in [0.3, 0.4) is 0 Å². The molecule has 0 aliphatic rings. The summed E-state index contributed by atoms with van der Waals surface area (Å²) >= 11 is 0. The predicted octanol–water partition coefficient (Wildman–Crippen LogP) is 0.288. The van der Waals surface area contributed by atoms with Gasteiger partial charge in [0.05, 0.1) is 6.61 Å². The number of benzene rings is 1. The highest BCUT2D eigenvalue weighted by atomic mass is 32.2. The Kier molecular flexibility index (Phi) is 2.58. The number of phenols is 1. The molecule has 1 aromatic carbocycles.